The summed E-state index contributed by atoms with van der Waals surface area (Å²) in [4.78, 5) is 18.5. The van der Waals surface area contributed by atoms with Crippen LogP contribution in [0, 0.1) is 6.92 Å². The van der Waals surface area contributed by atoms with Gasteiger partial charge in [-0.15, -0.1) is 0 Å². The van der Waals surface area contributed by atoms with Crippen LogP contribution in [0.2, 0.25) is 0 Å². The molecule has 0 bridgehead atoms. The lowest BCUT2D eigenvalue weighted by Crippen LogP contribution is -2.05. The van der Waals surface area contributed by atoms with Crippen molar-refractivity contribution in [2.75, 3.05) is 11.9 Å². The number of anilines is 1. The Hall–Kier alpha value is -1.65. The van der Waals surface area contributed by atoms with E-state index in [-0.39, 0.29) is 6.42 Å². The van der Waals surface area contributed by atoms with Gasteiger partial charge in [0.15, 0.2) is 0 Å². The van der Waals surface area contributed by atoms with Crippen LogP contribution in [0.4, 0.5) is 5.95 Å². The molecule has 1 aromatic heterocycles. The number of carboxylic acids is 1. The quantitative estimate of drug-likeness (QED) is 0.690. The van der Waals surface area contributed by atoms with Gasteiger partial charge in [0.25, 0.3) is 0 Å². The van der Waals surface area contributed by atoms with Crippen molar-refractivity contribution >= 4 is 11.9 Å². The number of aryl methyl sites for hydroxylation is 1. The molecule has 0 radical (unpaired) electrons. The smallest absolute Gasteiger partial charge is 0.303 e. The summed E-state index contributed by atoms with van der Waals surface area (Å²) >= 11 is 0. The van der Waals surface area contributed by atoms with E-state index in [2.05, 4.69) is 15.3 Å². The second kappa shape index (κ2) is 6.76. The number of aliphatic carboxylic acids is 1. The fourth-order valence-electron chi connectivity index (χ4n) is 1.26. The largest absolute Gasteiger partial charge is 0.481 e. The molecule has 0 unspecified atom stereocenters. The third-order valence-corrected chi connectivity index (χ3v) is 2.13. The molecule has 1 heterocycles. The molecule has 1 aromatic rings. The van der Waals surface area contributed by atoms with Gasteiger partial charge in [-0.2, -0.15) is 0 Å². The summed E-state index contributed by atoms with van der Waals surface area (Å²) in [6.07, 6.45) is 6.35. The summed E-state index contributed by atoms with van der Waals surface area (Å²) in [5, 5.41) is 11.5. The van der Waals surface area contributed by atoms with E-state index in [9.17, 15) is 4.79 Å². The van der Waals surface area contributed by atoms with Crippen LogP contribution in [-0.4, -0.2) is 27.6 Å². The predicted octanol–water partition coefficient (Wildman–Crippen LogP) is 1.84. The first-order chi connectivity index (χ1) is 7.68. The Kier molecular flexibility index (Phi) is 5.25. The molecule has 0 spiro atoms. The summed E-state index contributed by atoms with van der Waals surface area (Å²) < 4.78 is 0. The lowest BCUT2D eigenvalue weighted by Gasteiger charge is -2.03. The molecule has 0 aromatic carbocycles. The Balaban J connectivity index is 2.07. The highest BCUT2D eigenvalue weighted by Gasteiger charge is 1.97. The molecule has 0 aliphatic carbocycles. The topological polar surface area (TPSA) is 75.1 Å². The lowest BCUT2D eigenvalue weighted by atomic mass is 10.2. The van der Waals surface area contributed by atoms with Crippen LogP contribution >= 0.6 is 0 Å². The molecule has 5 nitrogen and oxygen atoms in total. The number of aromatic nitrogens is 2. The minimum absolute atomic E-state index is 0.251. The summed E-state index contributed by atoms with van der Waals surface area (Å²) in [5.74, 6) is -0.0985. The van der Waals surface area contributed by atoms with E-state index >= 15 is 0 Å². The average Bonchev–Trinajstić information content (AvgIpc) is 2.25. The number of nitrogens with one attached hydrogen (secondary N) is 1. The van der Waals surface area contributed by atoms with Crippen LogP contribution in [-0.2, 0) is 4.79 Å². The monoisotopic (exact) mass is 223 g/mol. The zero-order valence-electron chi connectivity index (χ0n) is 9.44. The van der Waals surface area contributed by atoms with Gasteiger partial charge in [0.1, 0.15) is 0 Å². The highest BCUT2D eigenvalue weighted by atomic mass is 16.4. The van der Waals surface area contributed by atoms with Crippen LogP contribution in [0.15, 0.2) is 12.4 Å². The van der Waals surface area contributed by atoms with Gasteiger partial charge in [0, 0.05) is 25.4 Å². The molecule has 0 saturated carbocycles. The Morgan fingerprint density at radius 1 is 1.31 bits per heavy atom. The molecule has 0 aliphatic heterocycles. The van der Waals surface area contributed by atoms with Crippen molar-refractivity contribution in [3.05, 3.63) is 18.0 Å². The third-order valence-electron chi connectivity index (χ3n) is 2.13. The molecule has 0 aliphatic rings. The Bertz CT molecular complexity index is 325. The van der Waals surface area contributed by atoms with Crippen LogP contribution < -0.4 is 5.32 Å². The standard InChI is InChI=1S/C11H17N3O2/c1-9-7-13-11(14-8-9)12-6-4-2-3-5-10(15)16/h7-8H,2-6H2,1H3,(H,15,16)(H,12,13,14). The predicted molar refractivity (Wildman–Crippen MR) is 61.4 cm³/mol. The van der Waals surface area contributed by atoms with E-state index in [4.69, 9.17) is 5.11 Å². The first-order valence-corrected chi connectivity index (χ1v) is 5.43. The molecule has 5 heteroatoms. The highest BCUT2D eigenvalue weighted by molar-refractivity contribution is 5.66. The Morgan fingerprint density at radius 2 is 2.00 bits per heavy atom. The van der Waals surface area contributed by atoms with Gasteiger partial charge in [-0.3, -0.25) is 4.79 Å². The molecule has 16 heavy (non-hydrogen) atoms. The minimum atomic E-state index is -0.727. The minimum Gasteiger partial charge on any atom is -0.481 e. The molecule has 2 N–H and O–H groups in total. The van der Waals surface area contributed by atoms with Crippen molar-refractivity contribution < 1.29 is 9.90 Å². The molecule has 88 valence electrons. The number of rotatable bonds is 7. The Labute approximate surface area is 94.9 Å². The molecule has 0 saturated heterocycles. The maximum absolute atomic E-state index is 10.2. The number of hydrogen-bond donors (Lipinski definition) is 2. The van der Waals surface area contributed by atoms with E-state index in [1.54, 1.807) is 12.4 Å². The van der Waals surface area contributed by atoms with E-state index in [1.807, 2.05) is 6.92 Å². The van der Waals surface area contributed by atoms with Crippen molar-refractivity contribution in [2.45, 2.75) is 32.6 Å². The van der Waals surface area contributed by atoms with Crippen molar-refractivity contribution in [1.29, 1.82) is 0 Å². The summed E-state index contributed by atoms with van der Waals surface area (Å²) in [7, 11) is 0. The van der Waals surface area contributed by atoms with Crippen molar-refractivity contribution in [2.24, 2.45) is 0 Å². The normalized spacial score (nSPS) is 10.1. The van der Waals surface area contributed by atoms with E-state index in [0.717, 1.165) is 31.4 Å². The fourth-order valence-corrected chi connectivity index (χ4v) is 1.26. The summed E-state index contributed by atoms with van der Waals surface area (Å²) in [5.41, 5.74) is 1.03. The average molecular weight is 223 g/mol. The number of carboxylic acid groups (broad SMARTS) is 1. The summed E-state index contributed by atoms with van der Waals surface area (Å²) in [6, 6.07) is 0. The second-order valence-corrected chi connectivity index (χ2v) is 3.72. The number of carbonyl (C=O) groups is 1. The fraction of sp³-hybridized carbons (Fsp3) is 0.545. The van der Waals surface area contributed by atoms with E-state index < -0.39 is 5.97 Å². The van der Waals surface area contributed by atoms with Crippen LogP contribution in [0.3, 0.4) is 0 Å². The van der Waals surface area contributed by atoms with Crippen molar-refractivity contribution in [1.82, 2.24) is 9.97 Å². The number of nitrogens with zero attached hydrogens (tertiary/aromatic N) is 2. The van der Waals surface area contributed by atoms with E-state index in [1.165, 1.54) is 0 Å². The molecule has 0 atom stereocenters. The van der Waals surface area contributed by atoms with Gasteiger partial charge in [0.05, 0.1) is 0 Å². The van der Waals surface area contributed by atoms with Crippen LogP contribution in [0.25, 0.3) is 0 Å². The highest BCUT2D eigenvalue weighted by Crippen LogP contribution is 2.02. The molecular weight excluding hydrogens is 206 g/mol. The third kappa shape index (κ3) is 5.29. The number of unbranched alkanes of at least 4 members (excludes halogenated alkanes) is 2. The van der Waals surface area contributed by atoms with E-state index in [0.29, 0.717) is 5.95 Å². The van der Waals surface area contributed by atoms with Gasteiger partial charge >= 0.3 is 5.97 Å². The van der Waals surface area contributed by atoms with Gasteiger partial charge in [-0.25, -0.2) is 9.97 Å². The zero-order chi connectivity index (χ0) is 11.8. The second-order valence-electron chi connectivity index (χ2n) is 3.72. The van der Waals surface area contributed by atoms with Crippen LogP contribution in [0.1, 0.15) is 31.2 Å². The summed E-state index contributed by atoms with van der Waals surface area (Å²) in [6.45, 7) is 2.72. The van der Waals surface area contributed by atoms with Crippen LogP contribution in [0.5, 0.6) is 0 Å². The van der Waals surface area contributed by atoms with Crippen molar-refractivity contribution in [3.63, 3.8) is 0 Å². The lowest BCUT2D eigenvalue weighted by molar-refractivity contribution is -0.137. The maximum atomic E-state index is 10.2. The van der Waals surface area contributed by atoms with Gasteiger partial charge < -0.3 is 10.4 Å². The first-order valence-electron chi connectivity index (χ1n) is 5.43. The first kappa shape index (κ1) is 12.4. The maximum Gasteiger partial charge on any atom is 0.303 e. The number of hydrogen-bond acceptors (Lipinski definition) is 4. The zero-order valence-corrected chi connectivity index (χ0v) is 9.44. The Morgan fingerprint density at radius 3 is 2.62 bits per heavy atom. The molecule has 0 amide bonds. The molecular formula is C11H17N3O2. The van der Waals surface area contributed by atoms with Gasteiger partial charge in [-0.1, -0.05) is 6.42 Å². The van der Waals surface area contributed by atoms with Crippen molar-refractivity contribution in [3.8, 4) is 0 Å². The molecule has 0 fully saturated rings. The molecule has 1 rings (SSSR count). The van der Waals surface area contributed by atoms with Gasteiger partial charge in [-0.05, 0) is 25.3 Å². The SMILES string of the molecule is Cc1cnc(NCCCCCC(=O)O)nc1. The van der Waals surface area contributed by atoms with Gasteiger partial charge in [0.2, 0.25) is 5.95 Å².